The third-order valence-corrected chi connectivity index (χ3v) is 6.61. The molecule has 0 atom stereocenters. The lowest BCUT2D eigenvalue weighted by atomic mass is 10.1. The Balaban J connectivity index is 1.24. The lowest BCUT2D eigenvalue weighted by Gasteiger charge is -2.34. The summed E-state index contributed by atoms with van der Waals surface area (Å²) in [6.45, 7) is 5.07. The molecule has 2 amide bonds. The van der Waals surface area contributed by atoms with Gasteiger partial charge in [0.15, 0.2) is 0 Å². The van der Waals surface area contributed by atoms with E-state index in [1.54, 1.807) is 11.3 Å². The van der Waals surface area contributed by atoms with Crippen LogP contribution in [0.3, 0.4) is 0 Å². The summed E-state index contributed by atoms with van der Waals surface area (Å²) in [7, 11) is 0. The molecule has 0 radical (unpaired) electrons. The molecule has 6 nitrogen and oxygen atoms in total. The first-order valence-corrected chi connectivity index (χ1v) is 11.9. The molecule has 1 fully saturated rings. The average Bonchev–Trinajstić information content (AvgIpc) is 3.29. The van der Waals surface area contributed by atoms with Crippen molar-refractivity contribution in [2.75, 3.05) is 38.0 Å². The maximum absolute atomic E-state index is 12.7. The average molecular weight is 449 g/mol. The van der Waals surface area contributed by atoms with Gasteiger partial charge in [-0.15, -0.1) is 11.3 Å². The van der Waals surface area contributed by atoms with Crippen LogP contribution in [0.5, 0.6) is 0 Å². The second-order valence-electron chi connectivity index (χ2n) is 7.90. The highest BCUT2D eigenvalue weighted by Crippen LogP contribution is 2.23. The summed E-state index contributed by atoms with van der Waals surface area (Å²) in [6, 6.07) is 17.9. The largest absolute Gasteiger partial charge is 0.340 e. The van der Waals surface area contributed by atoms with Crippen molar-refractivity contribution in [3.05, 3.63) is 71.2 Å². The predicted octanol–water partition coefficient (Wildman–Crippen LogP) is 3.70. The minimum Gasteiger partial charge on any atom is -0.340 e. The fraction of sp³-hybridized carbons (Fsp3) is 0.320. The lowest BCUT2D eigenvalue weighted by molar-refractivity contribution is -0.132. The summed E-state index contributed by atoms with van der Waals surface area (Å²) < 4.78 is 0. The molecule has 1 aromatic heterocycles. The first-order valence-electron chi connectivity index (χ1n) is 11.0. The molecule has 166 valence electrons. The van der Waals surface area contributed by atoms with Crippen LogP contribution in [-0.4, -0.2) is 59.3 Å². The Labute approximate surface area is 192 Å². The standard InChI is InChI=1S/C25H28N4O2S/c1-2-19-8-6-7-11-22(19)27-23(30)17-28-12-14-29(15-13-28)24(31)16-21-18-32-25(26-21)20-9-4-3-5-10-20/h3-11,18H,2,12-17H2,1H3,(H,27,30). The summed E-state index contributed by atoms with van der Waals surface area (Å²) in [5.74, 6) is 0.0810. The van der Waals surface area contributed by atoms with Gasteiger partial charge in [0.05, 0.1) is 18.7 Å². The number of aromatic nitrogens is 1. The quantitative estimate of drug-likeness (QED) is 0.599. The highest BCUT2D eigenvalue weighted by molar-refractivity contribution is 7.13. The summed E-state index contributed by atoms with van der Waals surface area (Å²) >= 11 is 1.57. The molecule has 0 aliphatic carbocycles. The van der Waals surface area contributed by atoms with Crippen LogP contribution in [0.15, 0.2) is 60.0 Å². The van der Waals surface area contributed by atoms with Crippen LogP contribution in [0.4, 0.5) is 5.69 Å². The number of amides is 2. The normalized spacial score (nSPS) is 14.3. The van der Waals surface area contributed by atoms with E-state index >= 15 is 0 Å². The van der Waals surface area contributed by atoms with Gasteiger partial charge in [0, 0.05) is 42.8 Å². The zero-order valence-electron chi connectivity index (χ0n) is 18.3. The number of nitrogens with zero attached hydrogens (tertiary/aromatic N) is 3. The maximum Gasteiger partial charge on any atom is 0.238 e. The molecular formula is C25H28N4O2S. The topological polar surface area (TPSA) is 65.5 Å². The van der Waals surface area contributed by atoms with Crippen molar-refractivity contribution in [3.8, 4) is 10.6 Å². The SMILES string of the molecule is CCc1ccccc1NC(=O)CN1CCN(C(=O)Cc2csc(-c3ccccc3)n2)CC1. The number of aryl methyl sites for hydroxylation is 1. The molecule has 0 unspecified atom stereocenters. The second kappa shape index (κ2) is 10.5. The Morgan fingerprint density at radius 1 is 1.00 bits per heavy atom. The number of nitrogens with one attached hydrogen (secondary N) is 1. The van der Waals surface area contributed by atoms with Gasteiger partial charge in [-0.05, 0) is 18.1 Å². The molecule has 3 aromatic rings. The van der Waals surface area contributed by atoms with Crippen LogP contribution < -0.4 is 5.32 Å². The lowest BCUT2D eigenvalue weighted by Crippen LogP contribution is -2.50. The molecule has 0 saturated carbocycles. The molecule has 2 aromatic carbocycles. The number of carbonyl (C=O) groups excluding carboxylic acids is 2. The van der Waals surface area contributed by atoms with Crippen LogP contribution in [0.1, 0.15) is 18.2 Å². The van der Waals surface area contributed by atoms with Gasteiger partial charge >= 0.3 is 0 Å². The van der Waals surface area contributed by atoms with E-state index in [0.717, 1.165) is 33.9 Å². The monoisotopic (exact) mass is 448 g/mol. The molecule has 0 bridgehead atoms. The molecule has 7 heteroatoms. The zero-order chi connectivity index (χ0) is 22.3. The van der Waals surface area contributed by atoms with Crippen LogP contribution in [0.2, 0.25) is 0 Å². The third kappa shape index (κ3) is 5.60. The van der Waals surface area contributed by atoms with Crippen LogP contribution in [-0.2, 0) is 22.4 Å². The Hall–Kier alpha value is -3.03. The van der Waals surface area contributed by atoms with E-state index in [1.165, 1.54) is 0 Å². The van der Waals surface area contributed by atoms with Gasteiger partial charge in [0.25, 0.3) is 0 Å². The summed E-state index contributed by atoms with van der Waals surface area (Å²) in [5, 5.41) is 5.93. The van der Waals surface area contributed by atoms with Crippen molar-refractivity contribution < 1.29 is 9.59 Å². The number of carbonyl (C=O) groups is 2. The van der Waals surface area contributed by atoms with Crippen LogP contribution in [0.25, 0.3) is 10.6 Å². The first kappa shape index (κ1) is 22.2. The molecule has 1 saturated heterocycles. The highest BCUT2D eigenvalue weighted by atomic mass is 32.1. The van der Waals surface area contributed by atoms with E-state index < -0.39 is 0 Å². The summed E-state index contributed by atoms with van der Waals surface area (Å²) in [6.07, 6.45) is 1.20. The van der Waals surface area contributed by atoms with Crippen LogP contribution in [0, 0.1) is 0 Å². The van der Waals surface area contributed by atoms with E-state index in [2.05, 4.69) is 22.1 Å². The Morgan fingerprint density at radius 3 is 2.47 bits per heavy atom. The van der Waals surface area contributed by atoms with Gasteiger partial charge in [-0.2, -0.15) is 0 Å². The number of para-hydroxylation sites is 1. The summed E-state index contributed by atoms with van der Waals surface area (Å²) in [4.78, 5) is 33.8. The van der Waals surface area contributed by atoms with Gasteiger partial charge in [-0.3, -0.25) is 14.5 Å². The second-order valence-corrected chi connectivity index (χ2v) is 8.76. The minimum atomic E-state index is -0.0124. The van der Waals surface area contributed by atoms with E-state index in [-0.39, 0.29) is 11.8 Å². The molecule has 1 N–H and O–H groups in total. The Kier molecular flexibility index (Phi) is 7.29. The van der Waals surface area contributed by atoms with Gasteiger partial charge in [-0.1, -0.05) is 55.5 Å². The van der Waals surface area contributed by atoms with E-state index in [9.17, 15) is 9.59 Å². The van der Waals surface area contributed by atoms with Crippen molar-refractivity contribution in [2.45, 2.75) is 19.8 Å². The molecule has 2 heterocycles. The van der Waals surface area contributed by atoms with Crippen molar-refractivity contribution in [2.24, 2.45) is 0 Å². The van der Waals surface area contributed by atoms with Crippen molar-refractivity contribution in [1.29, 1.82) is 0 Å². The highest BCUT2D eigenvalue weighted by Gasteiger charge is 2.23. The number of benzene rings is 2. The molecule has 0 spiro atoms. The Morgan fingerprint density at radius 2 is 1.72 bits per heavy atom. The molecule has 32 heavy (non-hydrogen) atoms. The van der Waals surface area contributed by atoms with E-state index in [1.807, 2.05) is 64.9 Å². The van der Waals surface area contributed by atoms with Crippen molar-refractivity contribution in [3.63, 3.8) is 0 Å². The first-order chi connectivity index (χ1) is 15.6. The number of anilines is 1. The van der Waals surface area contributed by atoms with Gasteiger partial charge < -0.3 is 10.2 Å². The smallest absolute Gasteiger partial charge is 0.238 e. The van der Waals surface area contributed by atoms with Gasteiger partial charge in [0.2, 0.25) is 11.8 Å². The minimum absolute atomic E-state index is 0.0124. The van der Waals surface area contributed by atoms with Gasteiger partial charge in [-0.25, -0.2) is 4.98 Å². The van der Waals surface area contributed by atoms with E-state index in [0.29, 0.717) is 39.1 Å². The molecular weight excluding hydrogens is 420 g/mol. The fourth-order valence-corrected chi connectivity index (χ4v) is 4.69. The number of piperazine rings is 1. The van der Waals surface area contributed by atoms with Crippen LogP contribution >= 0.6 is 11.3 Å². The molecule has 4 rings (SSSR count). The molecule has 1 aliphatic rings. The fourth-order valence-electron chi connectivity index (χ4n) is 3.87. The summed E-state index contributed by atoms with van der Waals surface area (Å²) in [5.41, 5.74) is 3.90. The number of hydrogen-bond donors (Lipinski definition) is 1. The predicted molar refractivity (Wildman–Crippen MR) is 129 cm³/mol. The number of hydrogen-bond acceptors (Lipinski definition) is 5. The van der Waals surface area contributed by atoms with E-state index in [4.69, 9.17) is 0 Å². The zero-order valence-corrected chi connectivity index (χ0v) is 19.1. The third-order valence-electron chi connectivity index (χ3n) is 5.67. The van der Waals surface area contributed by atoms with Crippen molar-refractivity contribution in [1.82, 2.24) is 14.8 Å². The maximum atomic E-state index is 12.7. The van der Waals surface area contributed by atoms with Crippen molar-refractivity contribution >= 4 is 28.8 Å². The molecule has 1 aliphatic heterocycles. The number of thiazole rings is 1. The van der Waals surface area contributed by atoms with Gasteiger partial charge in [0.1, 0.15) is 5.01 Å². The number of rotatable bonds is 7. The Bertz CT molecular complexity index is 1060.